The molecule has 0 unspecified atom stereocenters. The molecular weight excluding hydrogens is 350 g/mol. The van der Waals surface area contributed by atoms with Crippen LogP contribution in [0.2, 0.25) is 0 Å². The minimum absolute atomic E-state index is 0.0183. The van der Waals surface area contributed by atoms with E-state index in [2.05, 4.69) is 85.1 Å². The molecule has 4 aromatic rings. The molecule has 2 aromatic heterocycles. The second-order valence-electron chi connectivity index (χ2n) is 6.83. The van der Waals surface area contributed by atoms with Gasteiger partial charge in [-0.1, -0.05) is 42.5 Å². The minimum Gasteiger partial charge on any atom is -0.336 e. The van der Waals surface area contributed by atoms with Gasteiger partial charge in [-0.3, -0.25) is 4.98 Å². The van der Waals surface area contributed by atoms with Crippen molar-refractivity contribution in [2.75, 3.05) is 0 Å². The zero-order chi connectivity index (χ0) is 18.8. The van der Waals surface area contributed by atoms with Crippen LogP contribution in [0.4, 0.5) is 0 Å². The van der Waals surface area contributed by atoms with Gasteiger partial charge >= 0.3 is 0 Å². The van der Waals surface area contributed by atoms with Gasteiger partial charge in [-0.2, -0.15) is 11.1 Å². The van der Waals surface area contributed by atoms with Gasteiger partial charge in [0.15, 0.2) is 0 Å². The van der Waals surface area contributed by atoms with E-state index in [1.54, 1.807) is 0 Å². The zero-order valence-corrected chi connectivity index (χ0v) is 15.3. The molecule has 0 saturated carbocycles. The molecule has 7 nitrogen and oxygen atoms in total. The van der Waals surface area contributed by atoms with E-state index >= 15 is 0 Å². The number of nitrogens with zero attached hydrogens (tertiary/aromatic N) is 3. The van der Waals surface area contributed by atoms with E-state index in [-0.39, 0.29) is 6.17 Å². The molecule has 0 spiro atoms. The first-order valence-electron chi connectivity index (χ1n) is 9.33. The van der Waals surface area contributed by atoms with Gasteiger partial charge in [0.05, 0.1) is 12.0 Å². The highest BCUT2D eigenvalue weighted by Gasteiger charge is 2.16. The first kappa shape index (κ1) is 17.0. The summed E-state index contributed by atoms with van der Waals surface area (Å²) in [4.78, 5) is 9.04. The van der Waals surface area contributed by atoms with Crippen LogP contribution in [0.5, 0.6) is 0 Å². The number of pyridine rings is 1. The van der Waals surface area contributed by atoms with E-state index in [0.717, 1.165) is 29.9 Å². The number of aryl methyl sites for hydroxylation is 2. The van der Waals surface area contributed by atoms with Gasteiger partial charge in [-0.25, -0.2) is 15.8 Å². The molecule has 28 heavy (non-hydrogen) atoms. The van der Waals surface area contributed by atoms with E-state index in [1.165, 1.54) is 16.3 Å². The number of imidazole rings is 1. The number of aromatic nitrogens is 3. The summed E-state index contributed by atoms with van der Waals surface area (Å²) >= 11 is 0. The van der Waals surface area contributed by atoms with E-state index in [4.69, 9.17) is 0 Å². The SMILES string of the molecule is c1ccc2c(CCn3cnc(-c4cc(C5NNNN5)ccn4)c3)cccc2c1. The van der Waals surface area contributed by atoms with Crippen LogP contribution in [0, 0.1) is 0 Å². The van der Waals surface area contributed by atoms with Crippen molar-refractivity contribution in [2.24, 2.45) is 0 Å². The molecule has 0 radical (unpaired) electrons. The number of nitrogens with one attached hydrogen (secondary N) is 4. The summed E-state index contributed by atoms with van der Waals surface area (Å²) in [6.07, 6.45) is 6.68. The third kappa shape index (κ3) is 3.39. The summed E-state index contributed by atoms with van der Waals surface area (Å²) in [5.41, 5.74) is 16.0. The predicted molar refractivity (Wildman–Crippen MR) is 108 cm³/mol. The average molecular weight is 371 g/mol. The van der Waals surface area contributed by atoms with E-state index in [9.17, 15) is 0 Å². The molecule has 1 fully saturated rings. The number of rotatable bonds is 5. The fraction of sp³-hybridized carbons (Fsp3) is 0.143. The van der Waals surface area contributed by atoms with Crippen molar-refractivity contribution in [3.63, 3.8) is 0 Å². The fourth-order valence-corrected chi connectivity index (χ4v) is 3.56. The lowest BCUT2D eigenvalue weighted by atomic mass is 10.0. The van der Waals surface area contributed by atoms with Crippen LogP contribution in [0.1, 0.15) is 17.3 Å². The second kappa shape index (κ2) is 7.49. The minimum atomic E-state index is -0.0183. The lowest BCUT2D eigenvalue weighted by Crippen LogP contribution is -2.33. The molecule has 0 bridgehead atoms. The standard InChI is InChI=1S/C21H21N7/c1-2-7-18-15(4-1)5-3-6-16(18)9-11-28-13-20(23-14-28)19-12-17(8-10-22-19)21-24-26-27-25-21/h1-8,10,12-14,21,24-27H,9,11H2. The van der Waals surface area contributed by atoms with E-state index < -0.39 is 0 Å². The summed E-state index contributed by atoms with van der Waals surface area (Å²) in [5.74, 6) is 0. The molecule has 1 saturated heterocycles. The van der Waals surface area contributed by atoms with Crippen LogP contribution in [0.25, 0.3) is 22.2 Å². The molecule has 7 heteroatoms. The monoisotopic (exact) mass is 371 g/mol. The Balaban J connectivity index is 1.33. The van der Waals surface area contributed by atoms with Crippen molar-refractivity contribution in [1.29, 1.82) is 0 Å². The normalized spacial score (nSPS) is 14.7. The van der Waals surface area contributed by atoms with Crippen LogP contribution in [-0.4, -0.2) is 14.5 Å². The molecule has 5 rings (SSSR count). The van der Waals surface area contributed by atoms with Crippen LogP contribution in [0.15, 0.2) is 73.3 Å². The van der Waals surface area contributed by atoms with Crippen LogP contribution in [0.3, 0.4) is 0 Å². The van der Waals surface area contributed by atoms with Crippen molar-refractivity contribution in [1.82, 2.24) is 36.5 Å². The smallest absolute Gasteiger partial charge is 0.111 e. The molecule has 140 valence electrons. The maximum atomic E-state index is 4.56. The van der Waals surface area contributed by atoms with E-state index in [1.807, 2.05) is 24.7 Å². The lowest BCUT2D eigenvalue weighted by molar-refractivity contribution is 0.554. The molecule has 4 N–H and O–H groups in total. The van der Waals surface area contributed by atoms with Crippen LogP contribution < -0.4 is 21.9 Å². The third-order valence-electron chi connectivity index (χ3n) is 5.03. The molecule has 0 aliphatic carbocycles. The molecule has 1 aliphatic rings. The number of benzene rings is 2. The van der Waals surface area contributed by atoms with Gasteiger partial charge in [0, 0.05) is 18.9 Å². The number of hydrazine groups is 3. The molecular formula is C21H21N7. The first-order valence-corrected chi connectivity index (χ1v) is 9.33. The highest BCUT2D eigenvalue weighted by atomic mass is 15.8. The molecule has 2 aromatic carbocycles. The van der Waals surface area contributed by atoms with Gasteiger partial charge < -0.3 is 4.57 Å². The van der Waals surface area contributed by atoms with Crippen molar-refractivity contribution >= 4 is 10.8 Å². The van der Waals surface area contributed by atoms with Gasteiger partial charge in [-0.05, 0) is 40.5 Å². The highest BCUT2D eigenvalue weighted by molar-refractivity contribution is 5.85. The summed E-state index contributed by atoms with van der Waals surface area (Å²) < 4.78 is 2.13. The predicted octanol–water partition coefficient (Wildman–Crippen LogP) is 2.46. The van der Waals surface area contributed by atoms with E-state index in [0.29, 0.717) is 0 Å². The second-order valence-corrected chi connectivity index (χ2v) is 6.83. The Labute approximate surface area is 162 Å². The maximum absolute atomic E-state index is 4.56. The summed E-state index contributed by atoms with van der Waals surface area (Å²) in [7, 11) is 0. The van der Waals surface area contributed by atoms with Gasteiger partial charge in [-0.15, -0.1) is 0 Å². The number of hydrogen-bond acceptors (Lipinski definition) is 6. The Morgan fingerprint density at radius 3 is 2.68 bits per heavy atom. The summed E-state index contributed by atoms with van der Waals surface area (Å²) in [6.45, 7) is 0.875. The van der Waals surface area contributed by atoms with Crippen LogP contribution >= 0.6 is 0 Å². The maximum Gasteiger partial charge on any atom is 0.111 e. The van der Waals surface area contributed by atoms with Gasteiger partial charge in [0.2, 0.25) is 0 Å². The van der Waals surface area contributed by atoms with Gasteiger partial charge in [0.1, 0.15) is 11.9 Å². The molecule has 0 atom stereocenters. The Bertz CT molecular complexity index is 1090. The number of fused-ring (bicyclic) bond motifs is 1. The molecule has 1 aliphatic heterocycles. The average Bonchev–Trinajstić information content (AvgIpc) is 3.45. The van der Waals surface area contributed by atoms with Crippen molar-refractivity contribution < 1.29 is 0 Å². The lowest BCUT2D eigenvalue weighted by Gasteiger charge is -2.09. The summed E-state index contributed by atoms with van der Waals surface area (Å²) in [5, 5.41) is 2.60. The Morgan fingerprint density at radius 1 is 0.893 bits per heavy atom. The first-order chi connectivity index (χ1) is 13.9. The Hall–Kier alpha value is -3.10. The zero-order valence-electron chi connectivity index (χ0n) is 15.3. The summed E-state index contributed by atoms with van der Waals surface area (Å²) in [6, 6.07) is 19.0. The topological polar surface area (TPSA) is 78.8 Å². The number of hydrogen-bond donors (Lipinski definition) is 4. The third-order valence-corrected chi connectivity index (χ3v) is 5.03. The molecule has 0 amide bonds. The van der Waals surface area contributed by atoms with Gasteiger partial charge in [0.25, 0.3) is 0 Å². The van der Waals surface area contributed by atoms with Crippen LogP contribution in [-0.2, 0) is 13.0 Å². The Morgan fingerprint density at radius 2 is 1.75 bits per heavy atom. The quantitative estimate of drug-likeness (QED) is 0.432. The van der Waals surface area contributed by atoms with Crippen molar-refractivity contribution in [3.8, 4) is 11.4 Å². The molecule has 3 heterocycles. The van der Waals surface area contributed by atoms with Crippen molar-refractivity contribution in [2.45, 2.75) is 19.1 Å². The van der Waals surface area contributed by atoms with Crippen molar-refractivity contribution in [3.05, 3.63) is 84.4 Å². The largest absolute Gasteiger partial charge is 0.336 e. The fourth-order valence-electron chi connectivity index (χ4n) is 3.56. The Kier molecular flexibility index (Phi) is 4.56. The highest BCUT2D eigenvalue weighted by Crippen LogP contribution is 2.21.